The second-order valence-corrected chi connectivity index (χ2v) is 7.90. The van der Waals surface area contributed by atoms with E-state index < -0.39 is 0 Å². The number of amides is 1. The lowest BCUT2D eigenvalue weighted by Gasteiger charge is -2.01. The molecular formula is C26H23N7O. The third-order valence-corrected chi connectivity index (χ3v) is 5.50. The standard InChI is InChI=1S/C26H23N7O/c1-32-23-12-6-5-11-22(23)29-24(32)14-25(34)30-28-16-21-18-33(17-19-8-3-2-4-9-19)31-26(21)20-10-7-13-27-15-20/h2-13,15-16,18H,14,17H2,1H3,(H,30,34)/b28-16+. The maximum Gasteiger partial charge on any atom is 0.247 e. The smallest absolute Gasteiger partial charge is 0.247 e. The van der Waals surface area contributed by atoms with E-state index in [4.69, 9.17) is 5.10 Å². The fourth-order valence-electron chi connectivity index (χ4n) is 3.82. The molecule has 0 fully saturated rings. The Bertz CT molecular complexity index is 1450. The van der Waals surface area contributed by atoms with E-state index in [0.29, 0.717) is 12.4 Å². The van der Waals surface area contributed by atoms with E-state index in [2.05, 4.69) is 32.6 Å². The highest BCUT2D eigenvalue weighted by molar-refractivity contribution is 5.89. The van der Waals surface area contributed by atoms with Gasteiger partial charge in [-0.1, -0.05) is 42.5 Å². The predicted molar refractivity (Wildman–Crippen MR) is 131 cm³/mol. The van der Waals surface area contributed by atoms with Crippen LogP contribution in [-0.4, -0.2) is 36.4 Å². The van der Waals surface area contributed by atoms with Crippen molar-refractivity contribution in [2.24, 2.45) is 12.1 Å². The maximum absolute atomic E-state index is 12.5. The molecule has 0 bridgehead atoms. The topological polar surface area (TPSA) is 90.0 Å². The third-order valence-electron chi connectivity index (χ3n) is 5.50. The largest absolute Gasteiger partial charge is 0.331 e. The first kappa shape index (κ1) is 21.3. The lowest BCUT2D eigenvalue weighted by molar-refractivity contribution is -0.120. The molecule has 3 aromatic heterocycles. The summed E-state index contributed by atoms with van der Waals surface area (Å²) in [6.45, 7) is 0.626. The highest BCUT2D eigenvalue weighted by Gasteiger charge is 2.13. The second kappa shape index (κ2) is 9.50. The number of carbonyl (C=O) groups is 1. The van der Waals surface area contributed by atoms with Crippen LogP contribution in [0.3, 0.4) is 0 Å². The van der Waals surface area contributed by atoms with Crippen LogP contribution in [-0.2, 0) is 24.8 Å². The van der Waals surface area contributed by atoms with Gasteiger partial charge in [-0.25, -0.2) is 10.4 Å². The molecule has 0 aliphatic heterocycles. The number of rotatable bonds is 7. The Morgan fingerprint density at radius 1 is 1.06 bits per heavy atom. The average Bonchev–Trinajstić information content (AvgIpc) is 3.41. The molecular weight excluding hydrogens is 426 g/mol. The lowest BCUT2D eigenvalue weighted by atomic mass is 10.1. The zero-order valence-corrected chi connectivity index (χ0v) is 18.7. The molecule has 1 amide bonds. The summed E-state index contributed by atoms with van der Waals surface area (Å²) in [6, 6.07) is 21.7. The van der Waals surface area contributed by atoms with Crippen LogP contribution in [0.1, 0.15) is 17.0 Å². The zero-order valence-electron chi connectivity index (χ0n) is 18.7. The number of hydrogen-bond donors (Lipinski definition) is 1. The van der Waals surface area contributed by atoms with E-state index in [1.54, 1.807) is 18.6 Å². The minimum atomic E-state index is -0.241. The van der Waals surface area contributed by atoms with Crippen LogP contribution in [0, 0.1) is 0 Å². The highest BCUT2D eigenvalue weighted by atomic mass is 16.2. The number of fused-ring (bicyclic) bond motifs is 1. The molecule has 0 spiro atoms. The number of nitrogens with zero attached hydrogens (tertiary/aromatic N) is 6. The van der Waals surface area contributed by atoms with Gasteiger partial charge in [0.15, 0.2) is 0 Å². The maximum atomic E-state index is 12.5. The molecule has 1 N–H and O–H groups in total. The van der Waals surface area contributed by atoms with Crippen LogP contribution >= 0.6 is 0 Å². The van der Waals surface area contributed by atoms with Crippen LogP contribution in [0.2, 0.25) is 0 Å². The summed E-state index contributed by atoms with van der Waals surface area (Å²) in [5.41, 5.74) is 8.01. The van der Waals surface area contributed by atoms with E-state index >= 15 is 0 Å². The molecule has 0 aliphatic rings. The van der Waals surface area contributed by atoms with Gasteiger partial charge in [-0.15, -0.1) is 0 Å². The number of aromatic nitrogens is 5. The Kier molecular flexibility index (Phi) is 5.94. The minimum Gasteiger partial charge on any atom is -0.331 e. The van der Waals surface area contributed by atoms with E-state index in [0.717, 1.165) is 33.4 Å². The summed E-state index contributed by atoms with van der Waals surface area (Å²) >= 11 is 0. The summed E-state index contributed by atoms with van der Waals surface area (Å²) in [5.74, 6) is 0.440. The van der Waals surface area contributed by atoms with Crippen molar-refractivity contribution in [1.29, 1.82) is 0 Å². The van der Waals surface area contributed by atoms with Crippen molar-refractivity contribution in [3.63, 3.8) is 0 Å². The summed E-state index contributed by atoms with van der Waals surface area (Å²) < 4.78 is 3.78. The fraction of sp³-hybridized carbons (Fsp3) is 0.115. The normalized spacial score (nSPS) is 11.3. The number of aryl methyl sites for hydroxylation is 1. The van der Waals surface area contributed by atoms with Crippen LogP contribution in [0.25, 0.3) is 22.3 Å². The van der Waals surface area contributed by atoms with Gasteiger partial charge in [0.1, 0.15) is 11.5 Å². The number of carbonyl (C=O) groups excluding carboxylic acids is 1. The summed E-state index contributed by atoms with van der Waals surface area (Å²) in [5, 5.41) is 8.93. The number of benzene rings is 2. The molecule has 5 aromatic rings. The average molecular weight is 450 g/mol. The lowest BCUT2D eigenvalue weighted by Crippen LogP contribution is -2.21. The van der Waals surface area contributed by atoms with Gasteiger partial charge in [-0.05, 0) is 29.8 Å². The molecule has 0 unspecified atom stereocenters. The van der Waals surface area contributed by atoms with Crippen molar-refractivity contribution in [2.45, 2.75) is 13.0 Å². The van der Waals surface area contributed by atoms with Gasteiger partial charge < -0.3 is 4.57 Å². The van der Waals surface area contributed by atoms with Gasteiger partial charge in [0.05, 0.1) is 30.2 Å². The molecule has 0 radical (unpaired) electrons. The number of nitrogens with one attached hydrogen (secondary N) is 1. The van der Waals surface area contributed by atoms with Crippen LogP contribution in [0.15, 0.2) is 90.4 Å². The predicted octanol–water partition coefficient (Wildman–Crippen LogP) is 3.57. The van der Waals surface area contributed by atoms with Crippen molar-refractivity contribution < 1.29 is 4.79 Å². The first-order valence-corrected chi connectivity index (χ1v) is 10.9. The molecule has 2 aromatic carbocycles. The van der Waals surface area contributed by atoms with Gasteiger partial charge in [0.2, 0.25) is 5.91 Å². The summed E-state index contributed by atoms with van der Waals surface area (Å²) in [4.78, 5) is 21.3. The van der Waals surface area contributed by atoms with Crippen LogP contribution in [0.4, 0.5) is 0 Å². The number of hydrazone groups is 1. The molecule has 8 nitrogen and oxygen atoms in total. The molecule has 3 heterocycles. The molecule has 0 saturated carbocycles. The quantitative estimate of drug-likeness (QED) is 0.304. The van der Waals surface area contributed by atoms with Crippen molar-refractivity contribution in [1.82, 2.24) is 29.7 Å². The molecule has 5 rings (SSSR count). The van der Waals surface area contributed by atoms with Crippen molar-refractivity contribution in [2.75, 3.05) is 0 Å². The fourth-order valence-corrected chi connectivity index (χ4v) is 3.82. The molecule has 168 valence electrons. The van der Waals surface area contributed by atoms with E-state index in [-0.39, 0.29) is 12.3 Å². The number of imidazole rings is 1. The second-order valence-electron chi connectivity index (χ2n) is 7.90. The summed E-state index contributed by atoms with van der Waals surface area (Å²) in [7, 11) is 1.91. The van der Waals surface area contributed by atoms with E-state index in [1.165, 1.54) is 0 Å². The Morgan fingerprint density at radius 3 is 2.68 bits per heavy atom. The van der Waals surface area contributed by atoms with Crippen LogP contribution in [0.5, 0.6) is 0 Å². The number of para-hydroxylation sites is 2. The third kappa shape index (κ3) is 4.61. The van der Waals surface area contributed by atoms with Gasteiger partial charge in [-0.3, -0.25) is 14.5 Å². The molecule has 8 heteroatoms. The Labute approximate surface area is 196 Å². The Morgan fingerprint density at radius 2 is 1.88 bits per heavy atom. The van der Waals surface area contributed by atoms with Gasteiger partial charge in [0.25, 0.3) is 0 Å². The van der Waals surface area contributed by atoms with Crippen molar-refractivity contribution >= 4 is 23.2 Å². The number of hydrogen-bond acceptors (Lipinski definition) is 5. The number of pyridine rings is 1. The molecule has 0 saturated heterocycles. The van der Waals surface area contributed by atoms with Crippen LogP contribution < -0.4 is 5.43 Å². The van der Waals surface area contributed by atoms with E-state index in [1.807, 2.05) is 77.1 Å². The molecule has 34 heavy (non-hydrogen) atoms. The monoisotopic (exact) mass is 449 g/mol. The Hall–Kier alpha value is -4.59. The van der Waals surface area contributed by atoms with Crippen molar-refractivity contribution in [3.05, 3.63) is 102 Å². The minimum absolute atomic E-state index is 0.130. The Balaban J connectivity index is 1.33. The molecule has 0 aliphatic carbocycles. The highest BCUT2D eigenvalue weighted by Crippen LogP contribution is 2.20. The zero-order chi connectivity index (χ0) is 23.3. The van der Waals surface area contributed by atoms with Gasteiger partial charge >= 0.3 is 0 Å². The SMILES string of the molecule is Cn1c(CC(=O)N/N=C/c2cn(Cc3ccccc3)nc2-c2cccnc2)nc2ccccc21. The van der Waals surface area contributed by atoms with Crippen molar-refractivity contribution in [3.8, 4) is 11.3 Å². The van der Waals surface area contributed by atoms with E-state index in [9.17, 15) is 4.79 Å². The first-order chi connectivity index (χ1) is 16.7. The first-order valence-electron chi connectivity index (χ1n) is 10.9. The van der Waals surface area contributed by atoms with Gasteiger partial charge in [0, 0.05) is 36.8 Å². The summed E-state index contributed by atoms with van der Waals surface area (Å²) in [6.07, 6.45) is 7.14. The molecule has 0 atom stereocenters. The van der Waals surface area contributed by atoms with Gasteiger partial charge in [-0.2, -0.15) is 10.2 Å².